The van der Waals surface area contributed by atoms with Gasteiger partial charge in [-0.3, -0.25) is 0 Å². The van der Waals surface area contributed by atoms with Crippen molar-refractivity contribution in [3.63, 3.8) is 0 Å². The maximum Gasteiger partial charge on any atom is 0.348 e. The molecule has 9 heteroatoms. The highest BCUT2D eigenvalue weighted by molar-refractivity contribution is 5.93. The van der Waals surface area contributed by atoms with E-state index in [4.69, 9.17) is 9.47 Å². The first-order valence-electron chi connectivity index (χ1n) is 7.08. The van der Waals surface area contributed by atoms with Gasteiger partial charge in [0.1, 0.15) is 6.10 Å². The summed E-state index contributed by atoms with van der Waals surface area (Å²) in [6.45, 7) is 0. The Morgan fingerprint density at radius 3 is 2.25 bits per heavy atom. The van der Waals surface area contributed by atoms with Crippen molar-refractivity contribution in [1.82, 2.24) is 0 Å². The molecule has 1 fully saturated rings. The normalized spacial score (nSPS) is 29.8. The van der Waals surface area contributed by atoms with Gasteiger partial charge >= 0.3 is 11.9 Å². The number of aliphatic hydroxyl groups is 3. The average Bonchev–Trinajstić information content (AvgIpc) is 2.52. The van der Waals surface area contributed by atoms with Gasteiger partial charge in [-0.2, -0.15) is 0 Å². The van der Waals surface area contributed by atoms with Crippen LogP contribution in [-0.4, -0.2) is 68.5 Å². The molecule has 0 aliphatic heterocycles. The van der Waals surface area contributed by atoms with Crippen molar-refractivity contribution in [2.24, 2.45) is 0 Å². The molecule has 2 rings (SSSR count). The smallest absolute Gasteiger partial charge is 0.348 e. The monoisotopic (exact) mass is 342 g/mol. The third kappa shape index (κ3) is 3.28. The molecule has 24 heavy (non-hydrogen) atoms. The molecule has 2 atom stereocenters. The standard InChI is InChI=1S/C15H18O9/c1-23-11-4-7(2-3-8(11)16)13(20)24-15(14(21)22)5-9(17)12(19)10(18)6-15/h2-4,9-10,12,16-19H,5-6H2,1H3,(H,21,22)/t9-,10-,12?,15?/m1/s1. The summed E-state index contributed by atoms with van der Waals surface area (Å²) in [6.07, 6.45) is -5.78. The second-order valence-corrected chi connectivity index (χ2v) is 5.61. The predicted molar refractivity (Wildman–Crippen MR) is 77.7 cm³/mol. The number of phenolic OH excluding ortho intramolecular Hbond substituents is 1. The zero-order valence-corrected chi connectivity index (χ0v) is 12.7. The fraction of sp³-hybridized carbons (Fsp3) is 0.467. The van der Waals surface area contributed by atoms with Crippen LogP contribution in [0.25, 0.3) is 0 Å². The number of carboxylic acids is 1. The van der Waals surface area contributed by atoms with Gasteiger partial charge < -0.3 is 35.0 Å². The number of phenols is 1. The molecule has 0 aromatic heterocycles. The summed E-state index contributed by atoms with van der Waals surface area (Å²) in [4.78, 5) is 23.8. The van der Waals surface area contributed by atoms with Gasteiger partial charge in [0, 0.05) is 12.8 Å². The van der Waals surface area contributed by atoms with Gasteiger partial charge in [0.2, 0.25) is 5.60 Å². The van der Waals surface area contributed by atoms with Gasteiger partial charge in [-0.25, -0.2) is 9.59 Å². The van der Waals surface area contributed by atoms with E-state index in [0.717, 1.165) is 6.07 Å². The number of benzene rings is 1. The molecule has 1 aliphatic rings. The van der Waals surface area contributed by atoms with E-state index in [9.17, 15) is 35.1 Å². The summed E-state index contributed by atoms with van der Waals surface area (Å²) in [5.41, 5.74) is -2.26. The van der Waals surface area contributed by atoms with E-state index in [0.29, 0.717) is 0 Å². The molecule has 132 valence electrons. The zero-order valence-electron chi connectivity index (χ0n) is 12.7. The molecule has 0 radical (unpaired) electrons. The first kappa shape index (κ1) is 18.0. The molecule has 0 spiro atoms. The topological polar surface area (TPSA) is 154 Å². The second kappa shape index (κ2) is 6.63. The Bertz CT molecular complexity index is 630. The Balaban J connectivity index is 2.28. The number of ether oxygens (including phenoxy) is 2. The van der Waals surface area contributed by atoms with Crippen LogP contribution in [0.15, 0.2) is 18.2 Å². The number of rotatable bonds is 4. The molecule has 1 aromatic carbocycles. The minimum absolute atomic E-state index is 0.00652. The minimum atomic E-state index is -2.18. The molecule has 0 heterocycles. The van der Waals surface area contributed by atoms with E-state index >= 15 is 0 Å². The van der Waals surface area contributed by atoms with Crippen molar-refractivity contribution in [1.29, 1.82) is 0 Å². The summed E-state index contributed by atoms with van der Waals surface area (Å²) in [7, 11) is 1.28. The number of carboxylic acid groups (broad SMARTS) is 1. The molecular weight excluding hydrogens is 324 g/mol. The highest BCUT2D eigenvalue weighted by atomic mass is 16.6. The summed E-state index contributed by atoms with van der Waals surface area (Å²) < 4.78 is 9.91. The first-order chi connectivity index (χ1) is 11.2. The largest absolute Gasteiger partial charge is 0.504 e. The average molecular weight is 342 g/mol. The fourth-order valence-corrected chi connectivity index (χ4v) is 2.60. The van der Waals surface area contributed by atoms with Crippen LogP contribution in [0, 0.1) is 0 Å². The molecule has 0 bridgehead atoms. The van der Waals surface area contributed by atoms with Gasteiger partial charge in [0.05, 0.1) is 24.9 Å². The first-order valence-corrected chi connectivity index (χ1v) is 7.08. The Hall–Kier alpha value is -2.36. The molecule has 0 unspecified atom stereocenters. The number of carbonyl (C=O) groups is 2. The van der Waals surface area contributed by atoms with Gasteiger partial charge in [-0.15, -0.1) is 0 Å². The lowest BCUT2D eigenvalue weighted by Crippen LogP contribution is -2.58. The van der Waals surface area contributed by atoms with Gasteiger partial charge in [-0.1, -0.05) is 0 Å². The number of hydrogen-bond acceptors (Lipinski definition) is 8. The summed E-state index contributed by atoms with van der Waals surface area (Å²) in [5.74, 6) is -2.81. The lowest BCUT2D eigenvalue weighted by atomic mass is 9.79. The van der Waals surface area contributed by atoms with Crippen LogP contribution in [0.4, 0.5) is 0 Å². The Kier molecular flexibility index (Phi) is 4.97. The maximum absolute atomic E-state index is 12.2. The van der Waals surface area contributed by atoms with Crippen LogP contribution in [-0.2, 0) is 9.53 Å². The molecule has 9 nitrogen and oxygen atoms in total. The SMILES string of the molecule is COc1cc(C(=O)OC2(C(=O)O)C[C@@H](O)C(O)[C@H](O)C2)ccc1O. The molecule has 1 aliphatic carbocycles. The third-order valence-electron chi connectivity index (χ3n) is 3.96. The summed E-state index contributed by atoms with van der Waals surface area (Å²) in [6, 6.07) is 3.55. The molecule has 5 N–H and O–H groups in total. The zero-order chi connectivity index (χ0) is 18.1. The number of methoxy groups -OCH3 is 1. The number of esters is 1. The van der Waals surface area contributed by atoms with Crippen LogP contribution in [0.3, 0.4) is 0 Å². The van der Waals surface area contributed by atoms with Gasteiger partial charge in [0.15, 0.2) is 11.5 Å². The number of aromatic hydroxyl groups is 1. The Labute approximate surface area is 136 Å². The van der Waals surface area contributed by atoms with E-state index in [-0.39, 0.29) is 17.1 Å². The third-order valence-corrected chi connectivity index (χ3v) is 3.96. The van der Waals surface area contributed by atoms with Crippen LogP contribution in [0.1, 0.15) is 23.2 Å². The van der Waals surface area contributed by atoms with E-state index in [1.54, 1.807) is 0 Å². The summed E-state index contributed by atoms with van der Waals surface area (Å²) in [5, 5.41) is 47.9. The number of aliphatic hydroxyl groups excluding tert-OH is 3. The van der Waals surface area contributed by atoms with Crippen LogP contribution in [0.5, 0.6) is 11.5 Å². The van der Waals surface area contributed by atoms with Gasteiger partial charge in [0.25, 0.3) is 0 Å². The second-order valence-electron chi connectivity index (χ2n) is 5.61. The number of hydrogen-bond donors (Lipinski definition) is 5. The number of carbonyl (C=O) groups excluding carboxylic acids is 1. The molecule has 1 saturated carbocycles. The lowest BCUT2D eigenvalue weighted by molar-refractivity contribution is -0.187. The van der Waals surface area contributed by atoms with Crippen molar-refractivity contribution in [3.05, 3.63) is 23.8 Å². The minimum Gasteiger partial charge on any atom is -0.504 e. The molecule has 0 amide bonds. The Morgan fingerprint density at radius 1 is 1.17 bits per heavy atom. The fourth-order valence-electron chi connectivity index (χ4n) is 2.60. The van der Waals surface area contributed by atoms with E-state index in [2.05, 4.69) is 0 Å². The van der Waals surface area contributed by atoms with Crippen molar-refractivity contribution in [2.45, 2.75) is 36.8 Å². The predicted octanol–water partition coefficient (Wildman–Crippen LogP) is -0.743. The molecular formula is C15H18O9. The summed E-state index contributed by atoms with van der Waals surface area (Å²) >= 11 is 0. The highest BCUT2D eigenvalue weighted by Crippen LogP contribution is 2.34. The molecule has 0 saturated heterocycles. The van der Waals surface area contributed by atoms with Gasteiger partial charge in [-0.05, 0) is 18.2 Å². The van der Waals surface area contributed by atoms with Crippen molar-refractivity contribution in [2.75, 3.05) is 7.11 Å². The van der Waals surface area contributed by atoms with Crippen LogP contribution < -0.4 is 4.74 Å². The highest BCUT2D eigenvalue weighted by Gasteiger charge is 2.52. The van der Waals surface area contributed by atoms with Crippen molar-refractivity contribution in [3.8, 4) is 11.5 Å². The van der Waals surface area contributed by atoms with Crippen molar-refractivity contribution < 1.29 is 44.6 Å². The Morgan fingerprint density at radius 2 is 1.75 bits per heavy atom. The maximum atomic E-state index is 12.2. The quantitative estimate of drug-likeness (QED) is 0.445. The van der Waals surface area contributed by atoms with Crippen LogP contribution in [0.2, 0.25) is 0 Å². The van der Waals surface area contributed by atoms with E-state index in [1.165, 1.54) is 19.2 Å². The molecule has 1 aromatic rings. The van der Waals surface area contributed by atoms with Crippen molar-refractivity contribution >= 4 is 11.9 Å². The van der Waals surface area contributed by atoms with E-state index < -0.39 is 48.7 Å². The van der Waals surface area contributed by atoms with Crippen LogP contribution >= 0.6 is 0 Å². The van der Waals surface area contributed by atoms with E-state index in [1.807, 2.05) is 0 Å². The number of aliphatic carboxylic acids is 1. The lowest BCUT2D eigenvalue weighted by Gasteiger charge is -2.40.